The van der Waals surface area contributed by atoms with Crippen molar-refractivity contribution >= 4 is 40.9 Å². The molecule has 0 bridgehead atoms. The first-order valence-electron chi connectivity index (χ1n) is 13.9. The summed E-state index contributed by atoms with van der Waals surface area (Å²) < 4.78 is 5.02. The average molecular weight is 564 g/mol. The Bertz CT molecular complexity index is 1330. The minimum absolute atomic E-state index is 0.00227. The van der Waals surface area contributed by atoms with E-state index in [1.807, 2.05) is 49.1 Å². The molecule has 2 N–H and O–H groups in total. The Kier molecular flexibility index (Phi) is 9.01. The number of piperazine rings is 1. The number of hydrogen-bond donors (Lipinski definition) is 2. The lowest BCUT2D eigenvalue weighted by atomic mass is 9.97. The second-order valence-electron chi connectivity index (χ2n) is 10.5. The molecule has 212 valence electrons. The number of Topliss-reactive ketones (excluding diaryl/α,β-unsaturated/α-hetero) is 1. The van der Waals surface area contributed by atoms with Crippen molar-refractivity contribution in [3.8, 4) is 0 Å². The minimum Gasteiger partial charge on any atom is -0.375 e. The predicted molar refractivity (Wildman–Crippen MR) is 155 cm³/mol. The van der Waals surface area contributed by atoms with Gasteiger partial charge in [-0.15, -0.1) is 0 Å². The monoisotopic (exact) mass is 563 g/mol. The third kappa shape index (κ3) is 6.82. The fourth-order valence-electron chi connectivity index (χ4n) is 5.32. The fourth-order valence-corrected chi connectivity index (χ4v) is 6.07. The number of aryl methyl sites for hydroxylation is 1. The number of ketones is 1. The van der Waals surface area contributed by atoms with E-state index in [1.165, 1.54) is 31.7 Å². The third-order valence-corrected chi connectivity index (χ3v) is 8.45. The van der Waals surface area contributed by atoms with Gasteiger partial charge in [-0.25, -0.2) is 9.97 Å². The van der Waals surface area contributed by atoms with Gasteiger partial charge in [0.25, 0.3) is 0 Å². The number of carbonyl (C=O) groups is 2. The zero-order chi connectivity index (χ0) is 28.1. The van der Waals surface area contributed by atoms with Crippen LogP contribution in [-0.4, -0.2) is 76.7 Å². The van der Waals surface area contributed by atoms with E-state index in [2.05, 4.69) is 20.4 Å². The number of aromatic amines is 1. The van der Waals surface area contributed by atoms with Crippen LogP contribution in [0.15, 0.2) is 40.4 Å². The number of aromatic nitrogens is 4. The molecule has 1 saturated heterocycles. The number of carbonyl (C=O) groups excluding carboxylic acids is 2. The molecule has 2 aliphatic rings. The van der Waals surface area contributed by atoms with Gasteiger partial charge in [-0.2, -0.15) is 5.10 Å². The van der Waals surface area contributed by atoms with Crippen LogP contribution in [0.1, 0.15) is 42.5 Å². The van der Waals surface area contributed by atoms with E-state index < -0.39 is 0 Å². The van der Waals surface area contributed by atoms with Crippen LogP contribution in [0, 0.1) is 19.8 Å². The first kappa shape index (κ1) is 28.1. The summed E-state index contributed by atoms with van der Waals surface area (Å²) in [6, 6.07) is 10.1. The van der Waals surface area contributed by atoms with Gasteiger partial charge in [0.15, 0.2) is 11.0 Å². The first-order chi connectivity index (χ1) is 19.4. The molecule has 3 aromatic rings. The number of methoxy groups -OCH3 is 1. The molecule has 1 aliphatic carbocycles. The summed E-state index contributed by atoms with van der Waals surface area (Å²) in [6.07, 6.45) is 4.90. The molecule has 0 atom stereocenters. The quantitative estimate of drug-likeness (QED) is 0.348. The summed E-state index contributed by atoms with van der Waals surface area (Å²) in [5.74, 6) is 2.81. The molecular formula is C29H37N7O3S. The van der Waals surface area contributed by atoms with Crippen LogP contribution < -0.4 is 10.2 Å². The highest BCUT2D eigenvalue weighted by molar-refractivity contribution is 7.99. The SMILES string of the molecule is COCC(=O)N1CCN(c2nc(Sc3ccc(CC(=O)C4CCCC4)cc3)nc(Nc3cc(C)[nH]n3)c2C)CC1. The maximum atomic E-state index is 12.6. The van der Waals surface area contributed by atoms with Crippen LogP contribution in [0.2, 0.25) is 0 Å². The van der Waals surface area contributed by atoms with Crippen LogP contribution in [0.5, 0.6) is 0 Å². The Labute approximate surface area is 239 Å². The Hall–Kier alpha value is -3.44. The van der Waals surface area contributed by atoms with Gasteiger partial charge in [-0.1, -0.05) is 25.0 Å². The number of ether oxygens (including phenoxy) is 1. The molecule has 1 aliphatic heterocycles. The van der Waals surface area contributed by atoms with Crippen molar-refractivity contribution < 1.29 is 14.3 Å². The van der Waals surface area contributed by atoms with Gasteiger partial charge in [-0.05, 0) is 56.1 Å². The molecule has 0 unspecified atom stereocenters. The molecule has 1 saturated carbocycles. The molecule has 40 heavy (non-hydrogen) atoms. The Morgan fingerprint density at radius 3 is 2.45 bits per heavy atom. The van der Waals surface area contributed by atoms with E-state index in [1.54, 1.807) is 0 Å². The topological polar surface area (TPSA) is 116 Å². The average Bonchev–Trinajstić information content (AvgIpc) is 3.64. The van der Waals surface area contributed by atoms with Crippen LogP contribution in [-0.2, 0) is 20.7 Å². The van der Waals surface area contributed by atoms with E-state index in [0.717, 1.165) is 40.4 Å². The molecule has 3 heterocycles. The lowest BCUT2D eigenvalue weighted by Crippen LogP contribution is -2.50. The molecule has 10 nitrogen and oxygen atoms in total. The zero-order valence-corrected chi connectivity index (χ0v) is 24.2. The summed E-state index contributed by atoms with van der Waals surface area (Å²) in [4.78, 5) is 39.7. The second-order valence-corrected chi connectivity index (χ2v) is 11.6. The minimum atomic E-state index is 0.00227. The second kappa shape index (κ2) is 12.8. The highest BCUT2D eigenvalue weighted by Gasteiger charge is 2.25. The molecule has 2 aromatic heterocycles. The third-order valence-electron chi connectivity index (χ3n) is 7.57. The van der Waals surface area contributed by atoms with Crippen molar-refractivity contribution in [1.29, 1.82) is 0 Å². The lowest BCUT2D eigenvalue weighted by Gasteiger charge is -2.36. The molecule has 5 rings (SSSR count). The number of anilines is 3. The number of nitrogens with zero attached hydrogens (tertiary/aromatic N) is 5. The van der Waals surface area contributed by atoms with E-state index in [4.69, 9.17) is 14.7 Å². The van der Waals surface area contributed by atoms with Gasteiger partial charge in [0, 0.05) is 67.8 Å². The predicted octanol–water partition coefficient (Wildman–Crippen LogP) is 4.31. The Balaban J connectivity index is 1.34. The van der Waals surface area contributed by atoms with E-state index in [0.29, 0.717) is 55.2 Å². The van der Waals surface area contributed by atoms with Crippen LogP contribution in [0.25, 0.3) is 0 Å². The number of H-pyrrole nitrogens is 1. The summed E-state index contributed by atoms with van der Waals surface area (Å²) in [6.45, 7) is 6.60. The van der Waals surface area contributed by atoms with Crippen molar-refractivity contribution in [2.75, 3.05) is 50.1 Å². The van der Waals surface area contributed by atoms with Gasteiger partial charge < -0.3 is 19.9 Å². The summed E-state index contributed by atoms with van der Waals surface area (Å²) in [5.41, 5.74) is 2.92. The molecule has 2 fully saturated rings. The highest BCUT2D eigenvalue weighted by Crippen LogP contribution is 2.33. The van der Waals surface area contributed by atoms with Gasteiger partial charge in [0.1, 0.15) is 24.0 Å². The van der Waals surface area contributed by atoms with Crippen molar-refractivity contribution in [3.63, 3.8) is 0 Å². The van der Waals surface area contributed by atoms with Crippen molar-refractivity contribution in [2.24, 2.45) is 5.92 Å². The number of hydrogen-bond acceptors (Lipinski definition) is 9. The summed E-state index contributed by atoms with van der Waals surface area (Å²) in [7, 11) is 1.54. The van der Waals surface area contributed by atoms with E-state index in [-0.39, 0.29) is 18.4 Å². The molecule has 11 heteroatoms. The van der Waals surface area contributed by atoms with Gasteiger partial charge in [0.2, 0.25) is 5.91 Å². The molecule has 0 radical (unpaired) electrons. The van der Waals surface area contributed by atoms with Crippen molar-refractivity contribution in [3.05, 3.63) is 47.2 Å². The van der Waals surface area contributed by atoms with Crippen LogP contribution in [0.3, 0.4) is 0 Å². The van der Waals surface area contributed by atoms with E-state index in [9.17, 15) is 9.59 Å². The normalized spacial score (nSPS) is 16.0. The number of nitrogens with one attached hydrogen (secondary N) is 2. The summed E-state index contributed by atoms with van der Waals surface area (Å²) >= 11 is 1.49. The molecule has 1 aromatic carbocycles. The van der Waals surface area contributed by atoms with E-state index >= 15 is 0 Å². The van der Waals surface area contributed by atoms with Gasteiger partial charge in [-0.3, -0.25) is 14.7 Å². The Morgan fingerprint density at radius 2 is 1.80 bits per heavy atom. The smallest absolute Gasteiger partial charge is 0.248 e. The Morgan fingerprint density at radius 1 is 1.07 bits per heavy atom. The van der Waals surface area contributed by atoms with Gasteiger partial charge in [0.05, 0.1) is 0 Å². The fraction of sp³-hybridized carbons (Fsp3) is 0.483. The molecular weight excluding hydrogens is 526 g/mol. The number of rotatable bonds is 10. The van der Waals surface area contributed by atoms with Crippen LogP contribution >= 0.6 is 11.8 Å². The largest absolute Gasteiger partial charge is 0.375 e. The standard InChI is InChI=1S/C29H37N7O3S/c1-19-16-25(34-33-19)30-27-20(2)28(36-14-12-35(13-15-36)26(38)18-39-3)32-29(31-27)40-23-10-8-21(9-11-23)17-24(37)22-6-4-5-7-22/h8-11,16,22H,4-7,12-15,17-18H2,1-3H3,(H2,30,31,32,33,34). The summed E-state index contributed by atoms with van der Waals surface area (Å²) in [5, 5.41) is 11.2. The molecule has 1 amide bonds. The maximum absolute atomic E-state index is 12.6. The lowest BCUT2D eigenvalue weighted by molar-refractivity contribution is -0.135. The van der Waals surface area contributed by atoms with Gasteiger partial charge >= 0.3 is 0 Å². The number of amides is 1. The zero-order valence-electron chi connectivity index (χ0n) is 23.4. The van der Waals surface area contributed by atoms with Crippen molar-refractivity contribution in [1.82, 2.24) is 25.1 Å². The maximum Gasteiger partial charge on any atom is 0.248 e. The first-order valence-corrected chi connectivity index (χ1v) is 14.7. The highest BCUT2D eigenvalue weighted by atomic mass is 32.2. The van der Waals surface area contributed by atoms with Crippen molar-refractivity contribution in [2.45, 2.75) is 56.0 Å². The number of benzene rings is 1. The van der Waals surface area contributed by atoms with Crippen LogP contribution in [0.4, 0.5) is 17.5 Å². The molecule has 0 spiro atoms.